The molecule has 152 valence electrons. The third-order valence-corrected chi connectivity index (χ3v) is 4.51. The van der Waals surface area contributed by atoms with Gasteiger partial charge in [-0.2, -0.15) is 5.10 Å². The van der Waals surface area contributed by atoms with Crippen molar-refractivity contribution < 1.29 is 14.5 Å². The largest absolute Gasteiger partial charge is 0.489 e. The van der Waals surface area contributed by atoms with Crippen LogP contribution in [0.5, 0.6) is 5.75 Å². The van der Waals surface area contributed by atoms with Crippen LogP contribution in [0.25, 0.3) is 0 Å². The van der Waals surface area contributed by atoms with Crippen LogP contribution in [0.4, 0.5) is 5.69 Å². The summed E-state index contributed by atoms with van der Waals surface area (Å²) in [6, 6.07) is 19.1. The van der Waals surface area contributed by atoms with Crippen molar-refractivity contribution in [2.24, 2.45) is 5.10 Å². The Morgan fingerprint density at radius 1 is 1.13 bits per heavy atom. The zero-order valence-corrected chi connectivity index (χ0v) is 16.8. The smallest absolute Gasteiger partial charge is 0.288 e. The van der Waals surface area contributed by atoms with Crippen molar-refractivity contribution in [1.82, 2.24) is 5.43 Å². The second kappa shape index (κ2) is 9.67. The fraction of sp³-hybridized carbons (Fsp3) is 0.0909. The number of benzene rings is 3. The molecule has 1 N–H and O–H groups in total. The van der Waals surface area contributed by atoms with E-state index >= 15 is 0 Å². The SMILES string of the molecule is Cc1ccc(COc2ccc(/C=N\NC(=O)c3ccc(Cl)c([N+](=O)[O-])c3)cc2)cc1. The number of nitrogens with one attached hydrogen (secondary N) is 1. The van der Waals surface area contributed by atoms with E-state index in [0.29, 0.717) is 12.4 Å². The predicted molar refractivity (Wildman–Crippen MR) is 115 cm³/mol. The molecule has 0 aliphatic carbocycles. The van der Waals surface area contributed by atoms with E-state index in [1.807, 2.05) is 31.2 Å². The van der Waals surface area contributed by atoms with E-state index in [1.54, 1.807) is 24.3 Å². The van der Waals surface area contributed by atoms with Crippen molar-refractivity contribution >= 4 is 29.4 Å². The van der Waals surface area contributed by atoms with Gasteiger partial charge in [0.2, 0.25) is 0 Å². The molecule has 0 spiro atoms. The zero-order valence-electron chi connectivity index (χ0n) is 16.0. The maximum Gasteiger partial charge on any atom is 0.288 e. The molecule has 3 rings (SSSR count). The number of hydrazone groups is 1. The Kier molecular flexibility index (Phi) is 6.77. The van der Waals surface area contributed by atoms with Crippen LogP contribution in [0.2, 0.25) is 5.02 Å². The van der Waals surface area contributed by atoms with E-state index in [4.69, 9.17) is 16.3 Å². The van der Waals surface area contributed by atoms with Crippen molar-refractivity contribution in [2.45, 2.75) is 13.5 Å². The first kappa shape index (κ1) is 21.0. The molecular weight excluding hydrogens is 406 g/mol. The number of nitro benzene ring substituents is 1. The molecule has 0 radical (unpaired) electrons. The molecule has 0 bridgehead atoms. The van der Waals surface area contributed by atoms with Crippen LogP contribution in [-0.2, 0) is 6.61 Å². The lowest BCUT2D eigenvalue weighted by atomic mass is 10.2. The Bertz CT molecular complexity index is 1080. The van der Waals surface area contributed by atoms with Gasteiger partial charge in [-0.05, 0) is 54.4 Å². The number of hydrogen-bond donors (Lipinski definition) is 1. The fourth-order valence-corrected chi connectivity index (χ4v) is 2.71. The monoisotopic (exact) mass is 423 g/mol. The lowest BCUT2D eigenvalue weighted by molar-refractivity contribution is -0.384. The van der Waals surface area contributed by atoms with E-state index in [0.717, 1.165) is 17.2 Å². The third kappa shape index (κ3) is 5.65. The fourth-order valence-electron chi connectivity index (χ4n) is 2.52. The number of hydrogen-bond acceptors (Lipinski definition) is 5. The predicted octanol–water partition coefficient (Wildman–Crippen LogP) is 4.90. The molecule has 0 saturated heterocycles. The summed E-state index contributed by atoms with van der Waals surface area (Å²) in [6.07, 6.45) is 1.46. The average Bonchev–Trinajstić information content (AvgIpc) is 2.74. The molecular formula is C22H18ClN3O4. The molecule has 0 unspecified atom stereocenters. The number of carbonyl (C=O) groups excluding carboxylic acids is 1. The summed E-state index contributed by atoms with van der Waals surface area (Å²) in [7, 11) is 0. The number of nitro groups is 1. The minimum absolute atomic E-state index is 0.0373. The number of halogens is 1. The summed E-state index contributed by atoms with van der Waals surface area (Å²) >= 11 is 5.74. The number of carbonyl (C=O) groups is 1. The molecule has 0 heterocycles. The standard InChI is InChI=1S/C22H18ClN3O4/c1-15-2-4-17(5-3-15)14-30-19-9-6-16(7-10-19)13-24-25-22(27)18-8-11-20(23)21(12-18)26(28)29/h2-13H,14H2,1H3,(H,25,27)/b24-13-. The molecule has 7 nitrogen and oxygen atoms in total. The van der Waals surface area contributed by atoms with Gasteiger partial charge in [0, 0.05) is 11.6 Å². The Balaban J connectivity index is 1.55. The highest BCUT2D eigenvalue weighted by Gasteiger charge is 2.15. The van der Waals surface area contributed by atoms with Crippen LogP contribution >= 0.6 is 11.6 Å². The van der Waals surface area contributed by atoms with Gasteiger partial charge in [0.25, 0.3) is 11.6 Å². The van der Waals surface area contributed by atoms with Crippen molar-refractivity contribution in [1.29, 1.82) is 0 Å². The van der Waals surface area contributed by atoms with Crippen molar-refractivity contribution in [3.8, 4) is 5.75 Å². The van der Waals surface area contributed by atoms with E-state index in [9.17, 15) is 14.9 Å². The Hall–Kier alpha value is -3.71. The second-order valence-electron chi connectivity index (χ2n) is 6.47. The van der Waals surface area contributed by atoms with Gasteiger partial charge in [-0.15, -0.1) is 0 Å². The molecule has 3 aromatic rings. The van der Waals surface area contributed by atoms with E-state index in [-0.39, 0.29) is 16.3 Å². The normalized spacial score (nSPS) is 10.7. The number of ether oxygens (including phenoxy) is 1. The lowest BCUT2D eigenvalue weighted by Gasteiger charge is -2.07. The molecule has 0 saturated carbocycles. The van der Waals surface area contributed by atoms with Gasteiger partial charge in [-0.25, -0.2) is 5.43 Å². The third-order valence-electron chi connectivity index (χ3n) is 4.19. The summed E-state index contributed by atoms with van der Waals surface area (Å²) in [6.45, 7) is 2.50. The van der Waals surface area contributed by atoms with Gasteiger partial charge in [-0.1, -0.05) is 41.4 Å². The van der Waals surface area contributed by atoms with Gasteiger partial charge in [-0.3, -0.25) is 14.9 Å². The van der Waals surface area contributed by atoms with Crippen LogP contribution in [0, 0.1) is 17.0 Å². The summed E-state index contributed by atoms with van der Waals surface area (Å²) in [5, 5.41) is 14.8. The number of nitrogens with zero attached hydrogens (tertiary/aromatic N) is 2. The minimum atomic E-state index is -0.648. The van der Waals surface area contributed by atoms with E-state index < -0.39 is 10.8 Å². The minimum Gasteiger partial charge on any atom is -0.489 e. The molecule has 30 heavy (non-hydrogen) atoms. The van der Waals surface area contributed by atoms with E-state index in [2.05, 4.69) is 10.5 Å². The summed E-state index contributed by atoms with van der Waals surface area (Å²) in [4.78, 5) is 22.4. The highest BCUT2D eigenvalue weighted by Crippen LogP contribution is 2.25. The molecule has 0 fully saturated rings. The van der Waals surface area contributed by atoms with E-state index in [1.165, 1.54) is 23.9 Å². The summed E-state index contributed by atoms with van der Waals surface area (Å²) in [5.41, 5.74) is 5.11. The van der Waals surface area contributed by atoms with Crippen LogP contribution in [0.1, 0.15) is 27.0 Å². The van der Waals surface area contributed by atoms with Crippen LogP contribution in [0.15, 0.2) is 71.8 Å². The second-order valence-corrected chi connectivity index (χ2v) is 6.87. The highest BCUT2D eigenvalue weighted by atomic mass is 35.5. The first-order valence-electron chi connectivity index (χ1n) is 8.98. The van der Waals surface area contributed by atoms with Gasteiger partial charge in [0.05, 0.1) is 11.1 Å². The Labute approximate surface area is 178 Å². The van der Waals surface area contributed by atoms with Crippen LogP contribution in [-0.4, -0.2) is 17.0 Å². The van der Waals surface area contributed by atoms with Gasteiger partial charge >= 0.3 is 0 Å². The highest BCUT2D eigenvalue weighted by molar-refractivity contribution is 6.32. The van der Waals surface area contributed by atoms with Crippen molar-refractivity contribution in [3.63, 3.8) is 0 Å². The Morgan fingerprint density at radius 3 is 2.50 bits per heavy atom. The van der Waals surface area contributed by atoms with Gasteiger partial charge < -0.3 is 4.74 Å². The first-order chi connectivity index (χ1) is 14.4. The maximum absolute atomic E-state index is 12.1. The number of rotatable bonds is 7. The zero-order chi connectivity index (χ0) is 21.5. The van der Waals surface area contributed by atoms with Crippen LogP contribution in [0.3, 0.4) is 0 Å². The summed E-state index contributed by atoms with van der Waals surface area (Å²) in [5.74, 6) is 0.134. The van der Waals surface area contributed by atoms with Crippen molar-refractivity contribution in [3.05, 3.63) is 104 Å². The topological polar surface area (TPSA) is 93.8 Å². The van der Waals surface area contributed by atoms with Crippen LogP contribution < -0.4 is 10.2 Å². The number of amides is 1. The van der Waals surface area contributed by atoms with Gasteiger partial charge in [0.15, 0.2) is 0 Å². The summed E-state index contributed by atoms with van der Waals surface area (Å²) < 4.78 is 5.75. The molecule has 0 aromatic heterocycles. The molecule has 1 amide bonds. The first-order valence-corrected chi connectivity index (χ1v) is 9.36. The average molecular weight is 424 g/mol. The molecule has 0 aliphatic heterocycles. The molecule has 3 aromatic carbocycles. The molecule has 0 atom stereocenters. The van der Waals surface area contributed by atoms with Gasteiger partial charge in [0.1, 0.15) is 17.4 Å². The number of aryl methyl sites for hydroxylation is 1. The lowest BCUT2D eigenvalue weighted by Crippen LogP contribution is -2.17. The van der Waals surface area contributed by atoms with Crippen molar-refractivity contribution in [2.75, 3.05) is 0 Å². The quantitative estimate of drug-likeness (QED) is 0.332. The molecule has 0 aliphatic rings. The maximum atomic E-state index is 12.1. The Morgan fingerprint density at radius 2 is 1.83 bits per heavy atom. The molecule has 8 heteroatoms.